The van der Waals surface area contributed by atoms with Gasteiger partial charge in [-0.1, -0.05) is 6.08 Å². The van der Waals surface area contributed by atoms with Crippen LogP contribution in [0.15, 0.2) is 59.7 Å². The monoisotopic (exact) mass is 464 g/mol. The lowest BCUT2D eigenvalue weighted by Crippen LogP contribution is -2.46. The van der Waals surface area contributed by atoms with E-state index in [-0.39, 0.29) is 22.7 Å². The highest BCUT2D eigenvalue weighted by Crippen LogP contribution is 2.48. The first-order chi connectivity index (χ1) is 16.3. The molecular weight excluding hydrogens is 447 g/mol. The van der Waals surface area contributed by atoms with Gasteiger partial charge in [0.15, 0.2) is 5.78 Å². The highest BCUT2D eigenvalue weighted by molar-refractivity contribution is 6.25. The number of rotatable bonds is 5. The molecule has 0 N–H and O–H groups in total. The number of nitro groups is 1. The van der Waals surface area contributed by atoms with Crippen LogP contribution in [0.1, 0.15) is 10.4 Å². The van der Waals surface area contributed by atoms with Crippen LogP contribution in [0.2, 0.25) is 0 Å². The Morgan fingerprint density at radius 1 is 1.12 bits per heavy atom. The number of amides is 2. The van der Waals surface area contributed by atoms with Gasteiger partial charge in [0, 0.05) is 23.9 Å². The third kappa shape index (κ3) is 3.08. The van der Waals surface area contributed by atoms with Gasteiger partial charge >= 0.3 is 0 Å². The number of anilines is 1. The predicted molar refractivity (Wildman–Crippen MR) is 117 cm³/mol. The summed E-state index contributed by atoms with van der Waals surface area (Å²) >= 11 is 0. The molecule has 3 aliphatic rings. The smallest absolute Gasteiger partial charge is 0.271 e. The maximum absolute atomic E-state index is 13.7. The molecule has 0 aliphatic carbocycles. The molecular formula is C23H17FN4O6. The third-order valence-electron chi connectivity index (χ3n) is 6.30. The zero-order chi connectivity index (χ0) is 24.1. The van der Waals surface area contributed by atoms with Crippen LogP contribution in [0.4, 0.5) is 15.8 Å². The minimum absolute atomic E-state index is 0.0658. The molecule has 0 spiro atoms. The molecule has 10 nitrogen and oxygen atoms in total. The Labute approximate surface area is 192 Å². The number of fused-ring (bicyclic) bond motifs is 3. The maximum atomic E-state index is 13.7. The number of allylic oxidation sites excluding steroid dienone is 1. The highest BCUT2D eigenvalue weighted by Gasteiger charge is 2.64. The molecule has 0 radical (unpaired) electrons. The number of carbonyl (C=O) groups is 3. The van der Waals surface area contributed by atoms with Crippen molar-refractivity contribution in [3.63, 3.8) is 0 Å². The van der Waals surface area contributed by atoms with Crippen molar-refractivity contribution in [2.24, 2.45) is 16.9 Å². The zero-order valence-corrected chi connectivity index (χ0v) is 17.7. The van der Waals surface area contributed by atoms with Gasteiger partial charge in [0.25, 0.3) is 5.69 Å². The minimum atomic E-state index is -1.12. The molecule has 4 atom stereocenters. The number of hydrogen-bond donors (Lipinski definition) is 0. The first-order valence-electron chi connectivity index (χ1n) is 10.3. The molecule has 2 aromatic rings. The van der Waals surface area contributed by atoms with E-state index in [1.165, 1.54) is 42.6 Å². The van der Waals surface area contributed by atoms with Crippen LogP contribution in [0.25, 0.3) is 0 Å². The summed E-state index contributed by atoms with van der Waals surface area (Å²) in [6.07, 6.45) is 4.76. The van der Waals surface area contributed by atoms with Gasteiger partial charge < -0.3 is 4.74 Å². The van der Waals surface area contributed by atoms with Crippen molar-refractivity contribution in [2.45, 2.75) is 12.1 Å². The molecule has 0 aromatic heterocycles. The van der Waals surface area contributed by atoms with Crippen molar-refractivity contribution >= 4 is 35.2 Å². The number of imide groups is 1. The molecule has 2 saturated heterocycles. The molecule has 3 aliphatic heterocycles. The number of hydrazone groups is 1. The highest BCUT2D eigenvalue weighted by atomic mass is 19.1. The van der Waals surface area contributed by atoms with E-state index in [1.54, 1.807) is 12.2 Å². The Morgan fingerprint density at radius 2 is 1.82 bits per heavy atom. The number of Topliss-reactive ketones (excluding diaryl/α,β-unsaturated/α-hetero) is 1. The van der Waals surface area contributed by atoms with Crippen LogP contribution < -0.4 is 9.64 Å². The second-order valence-corrected chi connectivity index (χ2v) is 8.01. The number of carbonyl (C=O) groups excluding carboxylic acids is 3. The summed E-state index contributed by atoms with van der Waals surface area (Å²) in [5.41, 5.74) is -0.220. The van der Waals surface area contributed by atoms with Crippen molar-refractivity contribution in [3.05, 3.63) is 76.1 Å². The van der Waals surface area contributed by atoms with E-state index in [0.717, 1.165) is 23.1 Å². The van der Waals surface area contributed by atoms with Crippen molar-refractivity contribution in [1.29, 1.82) is 0 Å². The Bertz CT molecular complexity index is 1290. The second kappa shape index (κ2) is 7.87. The Hall–Kier alpha value is -4.41. The van der Waals surface area contributed by atoms with Gasteiger partial charge in [-0.15, -0.1) is 0 Å². The van der Waals surface area contributed by atoms with E-state index < -0.39 is 52.3 Å². The number of methoxy groups -OCH3 is 1. The number of ketones is 1. The minimum Gasteiger partial charge on any atom is -0.495 e. The molecule has 2 amide bonds. The summed E-state index contributed by atoms with van der Waals surface area (Å²) in [6.45, 7) is 0. The largest absolute Gasteiger partial charge is 0.495 e. The zero-order valence-electron chi connectivity index (χ0n) is 17.7. The van der Waals surface area contributed by atoms with Crippen LogP contribution >= 0.6 is 0 Å². The van der Waals surface area contributed by atoms with E-state index in [0.29, 0.717) is 0 Å². The van der Waals surface area contributed by atoms with Crippen LogP contribution in [-0.2, 0) is 9.59 Å². The average molecular weight is 464 g/mol. The Kier molecular flexibility index (Phi) is 4.96. The fourth-order valence-corrected chi connectivity index (χ4v) is 4.83. The molecule has 2 aromatic carbocycles. The van der Waals surface area contributed by atoms with E-state index in [4.69, 9.17) is 4.74 Å². The van der Waals surface area contributed by atoms with E-state index in [2.05, 4.69) is 5.10 Å². The summed E-state index contributed by atoms with van der Waals surface area (Å²) in [6, 6.07) is 6.72. The first-order valence-corrected chi connectivity index (χ1v) is 10.3. The van der Waals surface area contributed by atoms with Crippen molar-refractivity contribution in [3.8, 4) is 5.75 Å². The molecule has 34 heavy (non-hydrogen) atoms. The van der Waals surface area contributed by atoms with Gasteiger partial charge in [-0.3, -0.25) is 29.5 Å². The van der Waals surface area contributed by atoms with Gasteiger partial charge in [-0.25, -0.2) is 9.29 Å². The number of nitrogens with zero attached hydrogens (tertiary/aromatic N) is 4. The second-order valence-electron chi connectivity index (χ2n) is 8.01. The molecule has 5 rings (SSSR count). The lowest BCUT2D eigenvalue weighted by Gasteiger charge is -2.30. The molecule has 0 unspecified atom stereocenters. The molecule has 0 saturated carbocycles. The van der Waals surface area contributed by atoms with Gasteiger partial charge in [-0.05, 0) is 36.4 Å². The molecule has 0 bridgehead atoms. The standard InChI is InChI=1S/C23H17FN4O6/c1-34-17-9-8-14(28(32)33)11-16(17)26-22(30)18-15-3-2-10-25-27(15)20(19(18)23(26)31)21(29)12-4-6-13(24)7-5-12/h2-11,15,18-20H,1H3/t15-,18-,19-,20-/m0/s1. The molecule has 3 heterocycles. The van der Waals surface area contributed by atoms with Crippen molar-refractivity contribution in [1.82, 2.24) is 5.01 Å². The van der Waals surface area contributed by atoms with Crippen LogP contribution in [0, 0.1) is 27.8 Å². The summed E-state index contributed by atoms with van der Waals surface area (Å²) in [7, 11) is 1.32. The fourth-order valence-electron chi connectivity index (χ4n) is 4.83. The number of halogens is 1. The predicted octanol–water partition coefficient (Wildman–Crippen LogP) is 2.34. The van der Waals surface area contributed by atoms with Gasteiger partial charge in [0.2, 0.25) is 11.8 Å². The summed E-state index contributed by atoms with van der Waals surface area (Å²) in [5.74, 6) is -4.25. The molecule has 11 heteroatoms. The number of ether oxygens (including phenoxy) is 1. The topological polar surface area (TPSA) is 122 Å². The van der Waals surface area contributed by atoms with Gasteiger partial charge in [-0.2, -0.15) is 5.10 Å². The fraction of sp³-hybridized carbons (Fsp3) is 0.217. The van der Waals surface area contributed by atoms with Crippen LogP contribution in [0.5, 0.6) is 5.75 Å². The maximum Gasteiger partial charge on any atom is 0.271 e. The average Bonchev–Trinajstić information content (AvgIpc) is 3.31. The van der Waals surface area contributed by atoms with Crippen molar-refractivity contribution < 1.29 is 28.4 Å². The number of hydrogen-bond acceptors (Lipinski definition) is 8. The summed E-state index contributed by atoms with van der Waals surface area (Å²) in [5, 5.41) is 17.0. The Morgan fingerprint density at radius 3 is 2.50 bits per heavy atom. The summed E-state index contributed by atoms with van der Waals surface area (Å²) < 4.78 is 18.7. The van der Waals surface area contributed by atoms with Crippen molar-refractivity contribution in [2.75, 3.05) is 12.0 Å². The van der Waals surface area contributed by atoms with E-state index >= 15 is 0 Å². The third-order valence-corrected chi connectivity index (χ3v) is 6.30. The van der Waals surface area contributed by atoms with Crippen LogP contribution in [0.3, 0.4) is 0 Å². The molecule has 2 fully saturated rings. The Balaban J connectivity index is 1.60. The molecule has 172 valence electrons. The normalized spacial score (nSPS) is 24.9. The SMILES string of the molecule is COc1ccc([N+](=O)[O-])cc1N1C(=O)[C@@H]2[C@H](C1=O)[C@@H](C(=O)c1ccc(F)cc1)N1N=CC=C[C@@H]21. The van der Waals surface area contributed by atoms with Crippen LogP contribution in [-0.4, -0.2) is 52.9 Å². The lowest BCUT2D eigenvalue weighted by molar-refractivity contribution is -0.384. The number of non-ortho nitro benzene ring substituents is 1. The number of nitro benzene ring substituents is 1. The summed E-state index contributed by atoms with van der Waals surface area (Å²) in [4.78, 5) is 52.2. The quantitative estimate of drug-likeness (QED) is 0.288. The lowest BCUT2D eigenvalue weighted by atomic mass is 9.86. The van der Waals surface area contributed by atoms with Gasteiger partial charge in [0.1, 0.15) is 23.3 Å². The first kappa shape index (κ1) is 21.4. The van der Waals surface area contributed by atoms with E-state index in [9.17, 15) is 28.9 Å². The van der Waals surface area contributed by atoms with E-state index in [1.807, 2.05) is 0 Å². The number of benzene rings is 2. The van der Waals surface area contributed by atoms with Gasteiger partial charge in [0.05, 0.1) is 29.9 Å².